The smallest absolute Gasteiger partial charge is 0.381 e. The zero-order valence-electron chi connectivity index (χ0n) is 10.2. The van der Waals surface area contributed by atoms with Crippen LogP contribution in [0, 0.1) is 22.7 Å². The van der Waals surface area contributed by atoms with Crippen molar-refractivity contribution in [2.45, 2.75) is 25.4 Å². The van der Waals surface area contributed by atoms with Crippen LogP contribution in [0.4, 0.5) is 13.2 Å². The van der Waals surface area contributed by atoms with Crippen LogP contribution >= 0.6 is 0 Å². The fourth-order valence-corrected chi connectivity index (χ4v) is 2.87. The molecule has 102 valence electrons. The van der Waals surface area contributed by atoms with Crippen molar-refractivity contribution in [3.63, 3.8) is 0 Å². The van der Waals surface area contributed by atoms with Crippen molar-refractivity contribution in [1.29, 1.82) is 5.26 Å². The molecule has 2 aliphatic rings. The second-order valence-electron chi connectivity index (χ2n) is 5.32. The summed E-state index contributed by atoms with van der Waals surface area (Å²) in [5, 5.41) is 8.61. The van der Waals surface area contributed by atoms with Crippen LogP contribution in [0.25, 0.3) is 0 Å². The second-order valence-corrected chi connectivity index (χ2v) is 5.32. The van der Waals surface area contributed by atoms with Crippen LogP contribution < -0.4 is 0 Å². The van der Waals surface area contributed by atoms with Gasteiger partial charge in [-0.1, -0.05) is 0 Å². The summed E-state index contributed by atoms with van der Waals surface area (Å²) in [6.07, 6.45) is -1.65. The Morgan fingerprint density at radius 2 is 1.94 bits per heavy atom. The molecule has 2 rings (SSSR count). The molecule has 0 aromatic heterocycles. The lowest BCUT2D eigenvalue weighted by atomic mass is 9.80. The molecule has 1 spiro atoms. The quantitative estimate of drug-likeness (QED) is 0.765. The van der Waals surface area contributed by atoms with Gasteiger partial charge in [0.15, 0.2) is 5.92 Å². The maximum absolute atomic E-state index is 12.5. The number of nitrogens with zero attached hydrogens (tertiary/aromatic N) is 2. The summed E-state index contributed by atoms with van der Waals surface area (Å²) in [7, 11) is 0. The van der Waals surface area contributed by atoms with Gasteiger partial charge in [-0.05, 0) is 31.2 Å². The molecular formula is C12H17F3N2O. The summed E-state index contributed by atoms with van der Waals surface area (Å²) in [6.45, 7) is 2.55. The number of halogens is 3. The van der Waals surface area contributed by atoms with E-state index in [0.717, 1.165) is 19.3 Å². The Balaban J connectivity index is 1.91. The van der Waals surface area contributed by atoms with Gasteiger partial charge in [-0.2, -0.15) is 18.4 Å². The molecule has 0 saturated carbocycles. The van der Waals surface area contributed by atoms with Gasteiger partial charge in [-0.25, -0.2) is 0 Å². The molecule has 18 heavy (non-hydrogen) atoms. The van der Waals surface area contributed by atoms with E-state index >= 15 is 0 Å². The number of rotatable bonds is 2. The van der Waals surface area contributed by atoms with E-state index in [1.165, 1.54) is 6.07 Å². The van der Waals surface area contributed by atoms with E-state index in [4.69, 9.17) is 10.00 Å². The fraction of sp³-hybridized carbons (Fsp3) is 0.917. The third-order valence-electron chi connectivity index (χ3n) is 4.06. The molecule has 0 aliphatic carbocycles. The summed E-state index contributed by atoms with van der Waals surface area (Å²) < 4.78 is 42.9. The molecule has 0 aromatic rings. The monoisotopic (exact) mass is 262 g/mol. The molecule has 2 saturated heterocycles. The summed E-state index contributed by atoms with van der Waals surface area (Å²) in [6, 6.07) is 1.37. The van der Waals surface area contributed by atoms with Gasteiger partial charge in [0.05, 0.1) is 6.07 Å². The molecule has 6 heteroatoms. The average molecular weight is 262 g/mol. The van der Waals surface area contributed by atoms with Crippen LogP contribution in [-0.4, -0.2) is 43.9 Å². The normalized spacial score (nSPS) is 26.1. The molecule has 0 radical (unpaired) electrons. The third-order valence-corrected chi connectivity index (χ3v) is 4.06. The van der Waals surface area contributed by atoms with Crippen LogP contribution in [0.1, 0.15) is 19.3 Å². The maximum atomic E-state index is 12.5. The van der Waals surface area contributed by atoms with E-state index in [1.807, 2.05) is 0 Å². The first-order chi connectivity index (χ1) is 8.45. The highest BCUT2D eigenvalue weighted by molar-refractivity contribution is 4.96. The van der Waals surface area contributed by atoms with Gasteiger partial charge in [0.1, 0.15) is 0 Å². The van der Waals surface area contributed by atoms with Crippen molar-refractivity contribution in [2.75, 3.05) is 32.8 Å². The minimum absolute atomic E-state index is 0.129. The Kier molecular flexibility index (Phi) is 3.83. The van der Waals surface area contributed by atoms with E-state index in [2.05, 4.69) is 0 Å². The Labute approximate surface area is 105 Å². The van der Waals surface area contributed by atoms with Gasteiger partial charge in [-0.3, -0.25) is 0 Å². The van der Waals surface area contributed by atoms with E-state index in [9.17, 15) is 13.2 Å². The standard InChI is InChI=1S/C12H17F3N2O/c13-12(14,15)10(7-16)8-17-4-1-11(9-17)2-5-18-6-3-11/h10H,1-6,8-9H2. The number of alkyl halides is 3. The van der Waals surface area contributed by atoms with Gasteiger partial charge in [0.25, 0.3) is 0 Å². The fourth-order valence-electron chi connectivity index (χ4n) is 2.87. The van der Waals surface area contributed by atoms with E-state index < -0.39 is 12.1 Å². The van der Waals surface area contributed by atoms with Gasteiger partial charge < -0.3 is 9.64 Å². The molecule has 2 aliphatic heterocycles. The zero-order valence-corrected chi connectivity index (χ0v) is 10.2. The molecule has 0 aromatic carbocycles. The first-order valence-electron chi connectivity index (χ1n) is 6.22. The highest BCUT2D eigenvalue weighted by atomic mass is 19.4. The van der Waals surface area contributed by atoms with Crippen molar-refractivity contribution < 1.29 is 17.9 Å². The van der Waals surface area contributed by atoms with Crippen LogP contribution in [0.2, 0.25) is 0 Å². The number of likely N-dealkylation sites (tertiary alicyclic amines) is 1. The Bertz CT molecular complexity index is 331. The average Bonchev–Trinajstić information content (AvgIpc) is 2.68. The largest absolute Gasteiger partial charge is 0.405 e. The Morgan fingerprint density at radius 3 is 2.50 bits per heavy atom. The highest BCUT2D eigenvalue weighted by Gasteiger charge is 2.45. The maximum Gasteiger partial charge on any atom is 0.405 e. The van der Waals surface area contributed by atoms with Crippen LogP contribution in [-0.2, 0) is 4.74 Å². The topological polar surface area (TPSA) is 36.3 Å². The molecule has 1 atom stereocenters. The zero-order chi connectivity index (χ0) is 13.2. The third kappa shape index (κ3) is 2.96. The first-order valence-corrected chi connectivity index (χ1v) is 6.22. The molecule has 1 unspecified atom stereocenters. The number of ether oxygens (including phenoxy) is 1. The second kappa shape index (κ2) is 5.06. The minimum Gasteiger partial charge on any atom is -0.381 e. The van der Waals surface area contributed by atoms with Crippen molar-refractivity contribution in [1.82, 2.24) is 4.90 Å². The molecule has 2 heterocycles. The Hall–Kier alpha value is -0.800. The summed E-state index contributed by atoms with van der Waals surface area (Å²) in [5.41, 5.74) is 0.129. The molecular weight excluding hydrogens is 245 g/mol. The molecule has 3 nitrogen and oxygen atoms in total. The lowest BCUT2D eigenvalue weighted by molar-refractivity contribution is -0.162. The van der Waals surface area contributed by atoms with Crippen molar-refractivity contribution in [3.05, 3.63) is 0 Å². The number of hydrogen-bond acceptors (Lipinski definition) is 3. The van der Waals surface area contributed by atoms with Crippen molar-refractivity contribution in [2.24, 2.45) is 11.3 Å². The highest BCUT2D eigenvalue weighted by Crippen LogP contribution is 2.40. The molecule has 2 fully saturated rings. The van der Waals surface area contributed by atoms with Gasteiger partial charge in [0, 0.05) is 26.3 Å². The summed E-state index contributed by atoms with van der Waals surface area (Å²) in [4.78, 5) is 1.78. The SMILES string of the molecule is N#CC(CN1CCC2(CCOCC2)C1)C(F)(F)F. The number of nitriles is 1. The van der Waals surface area contributed by atoms with Crippen LogP contribution in [0.5, 0.6) is 0 Å². The lowest BCUT2D eigenvalue weighted by Gasteiger charge is -2.33. The lowest BCUT2D eigenvalue weighted by Crippen LogP contribution is -2.37. The van der Waals surface area contributed by atoms with E-state index in [-0.39, 0.29) is 12.0 Å². The molecule has 0 N–H and O–H groups in total. The van der Waals surface area contributed by atoms with Gasteiger partial charge in [0.2, 0.25) is 0 Å². The predicted molar refractivity (Wildman–Crippen MR) is 58.7 cm³/mol. The minimum atomic E-state index is -4.42. The van der Waals surface area contributed by atoms with Crippen LogP contribution in [0.3, 0.4) is 0 Å². The van der Waals surface area contributed by atoms with Crippen molar-refractivity contribution >= 4 is 0 Å². The summed E-state index contributed by atoms with van der Waals surface area (Å²) >= 11 is 0. The van der Waals surface area contributed by atoms with Gasteiger partial charge in [-0.15, -0.1) is 0 Å². The van der Waals surface area contributed by atoms with Gasteiger partial charge >= 0.3 is 6.18 Å². The van der Waals surface area contributed by atoms with Crippen LogP contribution in [0.15, 0.2) is 0 Å². The number of hydrogen-bond donors (Lipinski definition) is 0. The molecule has 0 bridgehead atoms. The molecule has 0 amide bonds. The first kappa shape index (κ1) is 13.6. The van der Waals surface area contributed by atoms with Crippen molar-refractivity contribution in [3.8, 4) is 6.07 Å². The van der Waals surface area contributed by atoms with E-state index in [0.29, 0.717) is 26.3 Å². The predicted octanol–water partition coefficient (Wildman–Crippen LogP) is 2.19. The summed E-state index contributed by atoms with van der Waals surface area (Å²) in [5.74, 6) is -1.87. The Morgan fingerprint density at radius 1 is 1.28 bits per heavy atom. The van der Waals surface area contributed by atoms with E-state index in [1.54, 1.807) is 4.90 Å².